The number of methoxy groups -OCH3 is 1. The van der Waals surface area contributed by atoms with Gasteiger partial charge in [0.2, 0.25) is 0 Å². The SMILES string of the molecule is COc1ccc(O)c(C(=O)N2CCCC2CCCBr)c1. The number of likely N-dealkylation sites (tertiary alicyclic amines) is 1. The standard InChI is InChI=1S/C15H20BrNO3/c1-20-12-6-7-14(18)13(10-12)15(19)17-9-3-5-11(17)4-2-8-16/h6-7,10-11,18H,2-5,8-9H2,1H3. The summed E-state index contributed by atoms with van der Waals surface area (Å²) in [7, 11) is 1.55. The van der Waals surface area contributed by atoms with Crippen LogP contribution in [0.4, 0.5) is 0 Å². The first-order chi connectivity index (χ1) is 9.67. The highest BCUT2D eigenvalue weighted by molar-refractivity contribution is 9.09. The third-order valence-corrected chi connectivity index (χ3v) is 4.30. The van der Waals surface area contributed by atoms with E-state index in [0.717, 1.165) is 37.6 Å². The minimum Gasteiger partial charge on any atom is -0.507 e. The number of phenols is 1. The van der Waals surface area contributed by atoms with Crippen LogP contribution in [0.2, 0.25) is 0 Å². The van der Waals surface area contributed by atoms with Crippen LogP contribution in [0.15, 0.2) is 18.2 Å². The Morgan fingerprint density at radius 2 is 2.35 bits per heavy atom. The summed E-state index contributed by atoms with van der Waals surface area (Å²) < 4.78 is 5.13. The summed E-state index contributed by atoms with van der Waals surface area (Å²) in [5.41, 5.74) is 0.329. The van der Waals surface area contributed by atoms with Crippen LogP contribution in [0.5, 0.6) is 11.5 Å². The summed E-state index contributed by atoms with van der Waals surface area (Å²) in [5, 5.41) is 10.9. The third kappa shape index (κ3) is 3.26. The molecule has 0 aliphatic carbocycles. The van der Waals surface area contributed by atoms with Gasteiger partial charge in [0.1, 0.15) is 11.5 Å². The van der Waals surface area contributed by atoms with Gasteiger partial charge in [-0.25, -0.2) is 0 Å². The van der Waals surface area contributed by atoms with Crippen molar-refractivity contribution in [2.75, 3.05) is 19.0 Å². The lowest BCUT2D eigenvalue weighted by Crippen LogP contribution is -2.35. The molecule has 1 atom stereocenters. The Balaban J connectivity index is 2.17. The van der Waals surface area contributed by atoms with Crippen molar-refractivity contribution in [2.24, 2.45) is 0 Å². The summed E-state index contributed by atoms with van der Waals surface area (Å²) in [6.45, 7) is 0.766. The zero-order chi connectivity index (χ0) is 14.5. The van der Waals surface area contributed by atoms with Crippen LogP contribution in [0.25, 0.3) is 0 Å². The fourth-order valence-corrected chi connectivity index (χ4v) is 3.01. The van der Waals surface area contributed by atoms with Gasteiger partial charge in [0.05, 0.1) is 12.7 Å². The number of ether oxygens (including phenoxy) is 1. The van der Waals surface area contributed by atoms with Gasteiger partial charge < -0.3 is 14.7 Å². The molecule has 0 aromatic heterocycles. The number of amides is 1. The van der Waals surface area contributed by atoms with Crippen LogP contribution in [-0.4, -0.2) is 40.9 Å². The fraction of sp³-hybridized carbons (Fsp3) is 0.533. The molecular weight excluding hydrogens is 322 g/mol. The average Bonchev–Trinajstić information content (AvgIpc) is 2.93. The predicted molar refractivity (Wildman–Crippen MR) is 81.7 cm³/mol. The molecule has 1 fully saturated rings. The molecule has 110 valence electrons. The van der Waals surface area contributed by atoms with Crippen molar-refractivity contribution in [3.63, 3.8) is 0 Å². The largest absolute Gasteiger partial charge is 0.507 e. The molecule has 1 aliphatic rings. The van der Waals surface area contributed by atoms with E-state index in [1.165, 1.54) is 6.07 Å². The van der Waals surface area contributed by atoms with Crippen LogP contribution in [0, 0.1) is 0 Å². The molecule has 1 heterocycles. The lowest BCUT2D eigenvalue weighted by atomic mass is 10.1. The van der Waals surface area contributed by atoms with Crippen LogP contribution >= 0.6 is 15.9 Å². The van der Waals surface area contributed by atoms with E-state index < -0.39 is 0 Å². The number of carbonyl (C=O) groups is 1. The van der Waals surface area contributed by atoms with E-state index in [4.69, 9.17) is 4.74 Å². The maximum atomic E-state index is 12.6. The molecule has 0 bridgehead atoms. The topological polar surface area (TPSA) is 49.8 Å². The van der Waals surface area contributed by atoms with Crippen molar-refractivity contribution >= 4 is 21.8 Å². The highest BCUT2D eigenvalue weighted by Crippen LogP contribution is 2.29. The molecule has 20 heavy (non-hydrogen) atoms. The molecule has 1 N–H and O–H groups in total. The molecule has 5 heteroatoms. The minimum atomic E-state index is -0.0986. The molecular formula is C15H20BrNO3. The molecule has 4 nitrogen and oxygen atoms in total. The van der Waals surface area contributed by atoms with Crippen LogP contribution in [0.3, 0.4) is 0 Å². The molecule has 0 saturated carbocycles. The average molecular weight is 342 g/mol. The normalized spacial score (nSPS) is 18.3. The van der Waals surface area contributed by atoms with Crippen molar-refractivity contribution in [1.29, 1.82) is 0 Å². The summed E-state index contributed by atoms with van der Waals surface area (Å²) in [6, 6.07) is 5.05. The summed E-state index contributed by atoms with van der Waals surface area (Å²) in [5.74, 6) is 0.503. The highest BCUT2D eigenvalue weighted by Gasteiger charge is 2.30. The number of aromatic hydroxyl groups is 1. The molecule has 1 aromatic carbocycles. The number of hydrogen-bond donors (Lipinski definition) is 1. The lowest BCUT2D eigenvalue weighted by molar-refractivity contribution is 0.0727. The maximum Gasteiger partial charge on any atom is 0.257 e. The van der Waals surface area contributed by atoms with Gasteiger partial charge in [0.15, 0.2) is 0 Å². The fourth-order valence-electron chi connectivity index (χ4n) is 2.68. The number of halogens is 1. The van der Waals surface area contributed by atoms with Crippen LogP contribution < -0.4 is 4.74 Å². The quantitative estimate of drug-likeness (QED) is 0.836. The number of alkyl halides is 1. The second kappa shape index (κ2) is 6.97. The Morgan fingerprint density at radius 3 is 3.05 bits per heavy atom. The molecule has 2 rings (SSSR count). The van der Waals surface area contributed by atoms with Crippen molar-refractivity contribution in [3.8, 4) is 11.5 Å². The van der Waals surface area contributed by atoms with E-state index in [2.05, 4.69) is 15.9 Å². The first-order valence-electron chi connectivity index (χ1n) is 6.91. The zero-order valence-electron chi connectivity index (χ0n) is 11.6. The van der Waals surface area contributed by atoms with Gasteiger partial charge >= 0.3 is 0 Å². The third-order valence-electron chi connectivity index (χ3n) is 3.74. The van der Waals surface area contributed by atoms with Gasteiger partial charge in [-0.1, -0.05) is 15.9 Å². The van der Waals surface area contributed by atoms with Gasteiger partial charge in [-0.3, -0.25) is 4.79 Å². The Hall–Kier alpha value is -1.23. The number of benzene rings is 1. The lowest BCUT2D eigenvalue weighted by Gasteiger charge is -2.25. The van der Waals surface area contributed by atoms with Gasteiger partial charge in [-0.2, -0.15) is 0 Å². The number of phenolic OH excluding ortho intramolecular Hbond substituents is 1. The monoisotopic (exact) mass is 341 g/mol. The molecule has 1 aliphatic heterocycles. The first kappa shape index (κ1) is 15.2. The molecule has 1 amide bonds. The highest BCUT2D eigenvalue weighted by atomic mass is 79.9. The van der Waals surface area contributed by atoms with E-state index in [1.807, 2.05) is 4.90 Å². The van der Waals surface area contributed by atoms with Gasteiger partial charge in [0, 0.05) is 17.9 Å². The Morgan fingerprint density at radius 1 is 1.55 bits per heavy atom. The van der Waals surface area contributed by atoms with Crippen molar-refractivity contribution < 1.29 is 14.6 Å². The number of rotatable bonds is 5. The van der Waals surface area contributed by atoms with Gasteiger partial charge in [-0.15, -0.1) is 0 Å². The number of carbonyl (C=O) groups excluding carboxylic acids is 1. The van der Waals surface area contributed by atoms with E-state index >= 15 is 0 Å². The van der Waals surface area contributed by atoms with Crippen LogP contribution in [-0.2, 0) is 0 Å². The molecule has 1 saturated heterocycles. The number of nitrogens with zero attached hydrogens (tertiary/aromatic N) is 1. The molecule has 0 radical (unpaired) electrons. The molecule has 1 unspecified atom stereocenters. The second-order valence-electron chi connectivity index (χ2n) is 5.01. The Labute approximate surface area is 127 Å². The summed E-state index contributed by atoms with van der Waals surface area (Å²) >= 11 is 3.43. The summed E-state index contributed by atoms with van der Waals surface area (Å²) in [6.07, 6.45) is 4.13. The van der Waals surface area contributed by atoms with E-state index in [9.17, 15) is 9.90 Å². The Kier molecular flexibility index (Phi) is 5.29. The summed E-state index contributed by atoms with van der Waals surface area (Å²) in [4.78, 5) is 14.5. The van der Waals surface area contributed by atoms with Gasteiger partial charge in [-0.05, 0) is 43.9 Å². The maximum absolute atomic E-state index is 12.6. The van der Waals surface area contributed by atoms with Crippen molar-refractivity contribution in [3.05, 3.63) is 23.8 Å². The van der Waals surface area contributed by atoms with E-state index in [1.54, 1.807) is 19.2 Å². The first-order valence-corrected chi connectivity index (χ1v) is 8.03. The minimum absolute atomic E-state index is 0.0157. The van der Waals surface area contributed by atoms with E-state index in [0.29, 0.717) is 11.3 Å². The zero-order valence-corrected chi connectivity index (χ0v) is 13.2. The molecule has 0 spiro atoms. The molecule has 1 aromatic rings. The van der Waals surface area contributed by atoms with E-state index in [-0.39, 0.29) is 17.7 Å². The predicted octanol–water partition coefficient (Wildman–Crippen LogP) is 3.18. The van der Waals surface area contributed by atoms with Gasteiger partial charge in [0.25, 0.3) is 5.91 Å². The Bertz CT molecular complexity index is 478. The van der Waals surface area contributed by atoms with Crippen LogP contribution in [0.1, 0.15) is 36.0 Å². The number of hydrogen-bond acceptors (Lipinski definition) is 3. The second-order valence-corrected chi connectivity index (χ2v) is 5.80. The van der Waals surface area contributed by atoms with Crippen molar-refractivity contribution in [2.45, 2.75) is 31.7 Å². The smallest absolute Gasteiger partial charge is 0.257 e. The van der Waals surface area contributed by atoms with Crippen molar-refractivity contribution in [1.82, 2.24) is 4.90 Å².